The molecule has 1 N–H and O–H groups in total. The molecule has 3 aromatic rings. The lowest BCUT2D eigenvalue weighted by Crippen LogP contribution is -2.54. The van der Waals surface area contributed by atoms with Crippen molar-refractivity contribution in [2.75, 3.05) is 16.8 Å². The predicted octanol–water partition coefficient (Wildman–Crippen LogP) is 3.89. The highest BCUT2D eigenvalue weighted by atomic mass is 16.2. The molecular formula is C28H25N3O3. The molecule has 0 unspecified atom stereocenters. The maximum absolute atomic E-state index is 14.1. The van der Waals surface area contributed by atoms with Gasteiger partial charge in [0.25, 0.3) is 0 Å². The summed E-state index contributed by atoms with van der Waals surface area (Å²) in [6, 6.07) is 17.6. The zero-order valence-corrected chi connectivity index (χ0v) is 19.2. The van der Waals surface area contributed by atoms with E-state index in [0.29, 0.717) is 12.2 Å². The van der Waals surface area contributed by atoms with Crippen molar-refractivity contribution in [2.45, 2.75) is 38.3 Å². The standard InChI is InChI=1S/C28H25N3O3/c1-15-12-16(2)24-20(13-15)28(27(34)29-24)23-22(21-8-5-11-30(21)28)25(32)31(26(23)33)19-10-9-17-6-3-4-7-18(17)14-19/h3-4,6-7,9-10,12-14,21-23H,5,8,11H2,1-2H3,(H,29,34)/t21-,22-,23+,28-/m1/s1. The van der Waals surface area contributed by atoms with Crippen LogP contribution in [0.2, 0.25) is 0 Å². The van der Waals surface area contributed by atoms with Crippen LogP contribution in [0.4, 0.5) is 11.4 Å². The second kappa shape index (κ2) is 6.54. The maximum Gasteiger partial charge on any atom is 0.250 e. The van der Waals surface area contributed by atoms with Crippen LogP contribution < -0.4 is 10.2 Å². The van der Waals surface area contributed by atoms with Gasteiger partial charge in [-0.1, -0.05) is 48.0 Å². The normalized spacial score (nSPS) is 29.8. The molecular weight excluding hydrogens is 426 g/mol. The number of fused-ring (bicyclic) bond motifs is 8. The highest BCUT2D eigenvalue weighted by molar-refractivity contribution is 6.26. The molecule has 1 spiro atoms. The Bertz CT molecular complexity index is 1450. The van der Waals surface area contributed by atoms with E-state index in [1.165, 1.54) is 4.90 Å². The first-order chi connectivity index (χ1) is 16.4. The molecule has 0 bridgehead atoms. The van der Waals surface area contributed by atoms with Gasteiger partial charge in [0.1, 0.15) is 5.54 Å². The number of nitrogens with one attached hydrogen (secondary N) is 1. The van der Waals surface area contributed by atoms with Gasteiger partial charge < -0.3 is 5.32 Å². The van der Waals surface area contributed by atoms with E-state index < -0.39 is 17.4 Å². The summed E-state index contributed by atoms with van der Waals surface area (Å²) in [6.45, 7) is 4.72. The van der Waals surface area contributed by atoms with Gasteiger partial charge in [-0.15, -0.1) is 0 Å². The molecule has 0 aliphatic carbocycles. The van der Waals surface area contributed by atoms with Crippen molar-refractivity contribution in [1.29, 1.82) is 0 Å². The van der Waals surface area contributed by atoms with E-state index in [4.69, 9.17) is 0 Å². The molecule has 4 heterocycles. The van der Waals surface area contributed by atoms with Gasteiger partial charge in [-0.05, 0) is 61.7 Å². The molecule has 4 aliphatic rings. The molecule has 3 aromatic carbocycles. The van der Waals surface area contributed by atoms with E-state index in [1.807, 2.05) is 62.4 Å². The zero-order chi connectivity index (χ0) is 23.4. The lowest BCUT2D eigenvalue weighted by molar-refractivity contribution is -0.135. The minimum absolute atomic E-state index is 0.107. The average molecular weight is 452 g/mol. The first kappa shape index (κ1) is 19.9. The topological polar surface area (TPSA) is 69.7 Å². The van der Waals surface area contributed by atoms with Crippen molar-refractivity contribution >= 4 is 39.9 Å². The Labute approximate surface area is 197 Å². The van der Waals surface area contributed by atoms with Gasteiger partial charge in [-0.25, -0.2) is 4.90 Å². The summed E-state index contributed by atoms with van der Waals surface area (Å²) < 4.78 is 0. The largest absolute Gasteiger partial charge is 0.324 e. The molecule has 0 aromatic heterocycles. The molecule has 0 saturated carbocycles. The molecule has 3 amide bonds. The zero-order valence-electron chi connectivity index (χ0n) is 19.2. The van der Waals surface area contributed by atoms with E-state index in [0.717, 1.165) is 46.0 Å². The Morgan fingerprint density at radius 1 is 0.941 bits per heavy atom. The molecule has 4 aliphatic heterocycles. The number of anilines is 2. The van der Waals surface area contributed by atoms with Crippen LogP contribution in [0.5, 0.6) is 0 Å². The number of hydrogen-bond donors (Lipinski definition) is 1. The molecule has 4 atom stereocenters. The maximum atomic E-state index is 14.1. The van der Waals surface area contributed by atoms with Crippen molar-refractivity contribution in [2.24, 2.45) is 11.8 Å². The van der Waals surface area contributed by atoms with Crippen molar-refractivity contribution in [3.05, 3.63) is 71.3 Å². The SMILES string of the molecule is Cc1cc(C)c2c(c1)[C@]1(C(=O)N2)[C@@H]2C(=O)N(c3ccc4ccccc4c3)C(=O)[C@@H]2[C@H]2CCCN21. The predicted molar refractivity (Wildman–Crippen MR) is 129 cm³/mol. The molecule has 34 heavy (non-hydrogen) atoms. The third-order valence-electron chi connectivity index (χ3n) is 8.43. The van der Waals surface area contributed by atoms with Crippen molar-refractivity contribution in [3.63, 3.8) is 0 Å². The number of hydrogen-bond acceptors (Lipinski definition) is 4. The summed E-state index contributed by atoms with van der Waals surface area (Å²) in [5.41, 5.74) is 3.15. The highest BCUT2D eigenvalue weighted by Crippen LogP contribution is 2.61. The first-order valence-corrected chi connectivity index (χ1v) is 12.0. The van der Waals surface area contributed by atoms with Crippen LogP contribution in [0, 0.1) is 25.7 Å². The molecule has 7 rings (SSSR count). The van der Waals surface area contributed by atoms with Crippen LogP contribution >= 0.6 is 0 Å². The van der Waals surface area contributed by atoms with E-state index in [1.54, 1.807) is 0 Å². The second-order valence-corrected chi connectivity index (χ2v) is 10.2. The van der Waals surface area contributed by atoms with Crippen LogP contribution in [0.25, 0.3) is 10.8 Å². The van der Waals surface area contributed by atoms with Gasteiger partial charge >= 0.3 is 0 Å². The fourth-order valence-electron chi connectivity index (χ4n) is 7.23. The number of nitrogens with zero attached hydrogens (tertiary/aromatic N) is 2. The number of amides is 3. The Hall–Kier alpha value is -3.51. The second-order valence-electron chi connectivity index (χ2n) is 10.2. The van der Waals surface area contributed by atoms with E-state index in [2.05, 4.69) is 16.3 Å². The lowest BCUT2D eigenvalue weighted by atomic mass is 9.75. The molecule has 6 nitrogen and oxygen atoms in total. The third kappa shape index (κ3) is 2.22. The number of carbonyl (C=O) groups is 3. The number of benzene rings is 3. The number of rotatable bonds is 1. The van der Waals surface area contributed by atoms with Crippen molar-refractivity contribution in [1.82, 2.24) is 4.90 Å². The quantitative estimate of drug-likeness (QED) is 0.570. The molecule has 0 radical (unpaired) electrons. The monoisotopic (exact) mass is 451 g/mol. The van der Waals surface area contributed by atoms with E-state index in [9.17, 15) is 14.4 Å². The number of carbonyl (C=O) groups excluding carboxylic acids is 3. The highest BCUT2D eigenvalue weighted by Gasteiger charge is 2.74. The van der Waals surface area contributed by atoms with Gasteiger partial charge in [0.05, 0.1) is 17.5 Å². The average Bonchev–Trinajstić information content (AvgIpc) is 3.52. The van der Waals surface area contributed by atoms with Crippen LogP contribution in [0.1, 0.15) is 29.5 Å². The number of aryl methyl sites for hydroxylation is 2. The summed E-state index contributed by atoms with van der Waals surface area (Å²) >= 11 is 0. The first-order valence-electron chi connectivity index (χ1n) is 12.0. The fourth-order valence-corrected chi connectivity index (χ4v) is 7.23. The van der Waals surface area contributed by atoms with Crippen molar-refractivity contribution in [3.8, 4) is 0 Å². The summed E-state index contributed by atoms with van der Waals surface area (Å²) in [7, 11) is 0. The lowest BCUT2D eigenvalue weighted by Gasteiger charge is -2.36. The summed E-state index contributed by atoms with van der Waals surface area (Å²) in [5, 5.41) is 5.13. The summed E-state index contributed by atoms with van der Waals surface area (Å²) in [5.74, 6) is -1.85. The summed E-state index contributed by atoms with van der Waals surface area (Å²) in [6.07, 6.45) is 1.74. The smallest absolute Gasteiger partial charge is 0.250 e. The van der Waals surface area contributed by atoms with E-state index >= 15 is 0 Å². The van der Waals surface area contributed by atoms with Gasteiger partial charge in [0.15, 0.2) is 0 Å². The fraction of sp³-hybridized carbons (Fsp3) is 0.321. The van der Waals surface area contributed by atoms with Gasteiger partial charge in [0, 0.05) is 17.3 Å². The molecule has 170 valence electrons. The minimum Gasteiger partial charge on any atom is -0.324 e. The minimum atomic E-state index is -1.13. The van der Waals surface area contributed by atoms with Crippen molar-refractivity contribution < 1.29 is 14.4 Å². The summed E-state index contributed by atoms with van der Waals surface area (Å²) in [4.78, 5) is 45.4. The van der Waals surface area contributed by atoms with Gasteiger partial charge in [0.2, 0.25) is 17.7 Å². The number of imide groups is 1. The van der Waals surface area contributed by atoms with Crippen LogP contribution in [-0.4, -0.2) is 35.2 Å². The van der Waals surface area contributed by atoms with Crippen LogP contribution in [0.3, 0.4) is 0 Å². The molecule has 3 saturated heterocycles. The van der Waals surface area contributed by atoms with Crippen LogP contribution in [-0.2, 0) is 19.9 Å². The molecule has 6 heteroatoms. The Morgan fingerprint density at radius 2 is 1.74 bits per heavy atom. The third-order valence-corrected chi connectivity index (χ3v) is 8.43. The van der Waals surface area contributed by atoms with Gasteiger partial charge in [-0.2, -0.15) is 0 Å². The van der Waals surface area contributed by atoms with Gasteiger partial charge in [-0.3, -0.25) is 19.3 Å². The Balaban J connectivity index is 1.43. The van der Waals surface area contributed by atoms with Crippen LogP contribution in [0.15, 0.2) is 54.6 Å². The van der Waals surface area contributed by atoms with E-state index in [-0.39, 0.29) is 23.8 Å². The Kier molecular flexibility index (Phi) is 3.83. The Morgan fingerprint density at radius 3 is 2.56 bits per heavy atom. The molecule has 3 fully saturated rings.